The summed E-state index contributed by atoms with van der Waals surface area (Å²) in [5.41, 5.74) is 0.601. The zero-order chi connectivity index (χ0) is 14.2. The Morgan fingerprint density at radius 1 is 1.10 bits per heavy atom. The maximum absolute atomic E-state index is 5.23. The minimum atomic E-state index is -0.129. The van der Waals surface area contributed by atoms with Crippen LogP contribution in [-0.2, 0) is 0 Å². The van der Waals surface area contributed by atoms with Gasteiger partial charge in [0.1, 0.15) is 5.69 Å². The van der Waals surface area contributed by atoms with Crippen LogP contribution in [0.4, 0.5) is 6.01 Å². The smallest absolute Gasteiger partial charge is 0.322 e. The highest BCUT2D eigenvalue weighted by molar-refractivity contribution is 5.92. The predicted octanol–water partition coefficient (Wildman–Crippen LogP) is 3.50. The Morgan fingerprint density at radius 2 is 1.90 bits per heavy atom. The van der Waals surface area contributed by atoms with Gasteiger partial charge in [-0.2, -0.15) is 4.98 Å². The first-order valence-corrected chi connectivity index (χ1v) is 6.49. The molecule has 0 spiro atoms. The van der Waals surface area contributed by atoms with Gasteiger partial charge in [0.05, 0.1) is 0 Å². The van der Waals surface area contributed by atoms with E-state index in [9.17, 15) is 0 Å². The lowest BCUT2D eigenvalue weighted by molar-refractivity contribution is 0.420. The molecule has 0 aliphatic carbocycles. The van der Waals surface area contributed by atoms with Crippen LogP contribution in [0, 0.1) is 0 Å². The fourth-order valence-electron chi connectivity index (χ4n) is 1.99. The quantitative estimate of drug-likeness (QED) is 0.770. The van der Waals surface area contributed by atoms with Crippen LogP contribution in [0.1, 0.15) is 20.8 Å². The van der Waals surface area contributed by atoms with Gasteiger partial charge >= 0.3 is 6.01 Å². The van der Waals surface area contributed by atoms with Crippen molar-refractivity contribution in [1.29, 1.82) is 0 Å². The topological polar surface area (TPSA) is 63.8 Å². The zero-order valence-corrected chi connectivity index (χ0v) is 11.7. The first-order chi connectivity index (χ1) is 9.53. The summed E-state index contributed by atoms with van der Waals surface area (Å²) < 4.78 is 5.23. The number of pyridine rings is 1. The molecular formula is C15H16N4O. The van der Waals surface area contributed by atoms with Gasteiger partial charge in [-0.15, -0.1) is 0 Å². The maximum atomic E-state index is 5.23. The number of hydrogen-bond donors (Lipinski definition) is 1. The van der Waals surface area contributed by atoms with Crippen molar-refractivity contribution >= 4 is 16.8 Å². The molecule has 1 aromatic carbocycles. The highest BCUT2D eigenvalue weighted by Crippen LogP contribution is 2.25. The molecule has 0 amide bonds. The second-order valence-corrected chi connectivity index (χ2v) is 5.68. The molecule has 2 heterocycles. The molecule has 102 valence electrons. The van der Waals surface area contributed by atoms with E-state index in [1.165, 1.54) is 0 Å². The van der Waals surface area contributed by atoms with Gasteiger partial charge in [0, 0.05) is 17.1 Å². The van der Waals surface area contributed by atoms with Crippen LogP contribution in [-0.4, -0.2) is 20.7 Å². The number of nitrogens with one attached hydrogen (secondary N) is 1. The summed E-state index contributed by atoms with van der Waals surface area (Å²) in [5, 5.41) is 9.28. The van der Waals surface area contributed by atoms with Gasteiger partial charge in [0.25, 0.3) is 0 Å². The van der Waals surface area contributed by atoms with E-state index in [0.29, 0.717) is 11.8 Å². The molecule has 3 rings (SSSR count). The molecule has 0 saturated heterocycles. The molecule has 5 heteroatoms. The average Bonchev–Trinajstić information content (AvgIpc) is 2.84. The summed E-state index contributed by atoms with van der Waals surface area (Å²) in [6.45, 7) is 6.10. The lowest BCUT2D eigenvalue weighted by Gasteiger charge is -2.17. The number of benzene rings is 1. The van der Waals surface area contributed by atoms with Crippen molar-refractivity contribution in [3.8, 4) is 11.5 Å². The minimum Gasteiger partial charge on any atom is -0.333 e. The van der Waals surface area contributed by atoms with Gasteiger partial charge in [0.15, 0.2) is 0 Å². The van der Waals surface area contributed by atoms with Crippen molar-refractivity contribution in [3.05, 3.63) is 36.5 Å². The third-order valence-corrected chi connectivity index (χ3v) is 2.79. The van der Waals surface area contributed by atoms with Crippen molar-refractivity contribution < 1.29 is 4.52 Å². The van der Waals surface area contributed by atoms with Gasteiger partial charge in [0.2, 0.25) is 5.82 Å². The molecule has 0 aliphatic rings. The highest BCUT2D eigenvalue weighted by Gasteiger charge is 2.17. The number of rotatable bonds is 2. The monoisotopic (exact) mass is 268 g/mol. The molecule has 0 saturated carbocycles. The van der Waals surface area contributed by atoms with Crippen LogP contribution >= 0.6 is 0 Å². The van der Waals surface area contributed by atoms with Gasteiger partial charge in [-0.25, -0.2) is 0 Å². The third kappa shape index (κ3) is 2.47. The van der Waals surface area contributed by atoms with E-state index >= 15 is 0 Å². The lowest BCUT2D eigenvalue weighted by Crippen LogP contribution is -2.26. The Labute approximate surface area is 117 Å². The Hall–Kier alpha value is -2.43. The van der Waals surface area contributed by atoms with Crippen LogP contribution in [0.15, 0.2) is 41.1 Å². The van der Waals surface area contributed by atoms with Gasteiger partial charge in [-0.3, -0.25) is 4.98 Å². The minimum absolute atomic E-state index is 0.129. The molecule has 0 fully saturated rings. The van der Waals surface area contributed by atoms with Crippen LogP contribution in [0.25, 0.3) is 22.3 Å². The number of aromatic nitrogens is 3. The summed E-state index contributed by atoms with van der Waals surface area (Å²) in [6.07, 6.45) is 1.75. The molecule has 0 bridgehead atoms. The number of fused-ring (bicyclic) bond motifs is 1. The predicted molar refractivity (Wildman–Crippen MR) is 78.4 cm³/mol. The Kier molecular flexibility index (Phi) is 2.89. The van der Waals surface area contributed by atoms with Crippen molar-refractivity contribution in [2.45, 2.75) is 26.3 Å². The van der Waals surface area contributed by atoms with Gasteiger partial charge < -0.3 is 9.84 Å². The molecule has 0 radical (unpaired) electrons. The summed E-state index contributed by atoms with van der Waals surface area (Å²) in [6, 6.07) is 10.4. The summed E-state index contributed by atoms with van der Waals surface area (Å²) in [5.74, 6) is 0.494. The second kappa shape index (κ2) is 4.59. The normalized spacial score (nSPS) is 11.8. The zero-order valence-electron chi connectivity index (χ0n) is 11.7. The van der Waals surface area contributed by atoms with Crippen molar-refractivity contribution in [2.24, 2.45) is 0 Å². The van der Waals surface area contributed by atoms with E-state index in [4.69, 9.17) is 4.52 Å². The molecule has 20 heavy (non-hydrogen) atoms. The second-order valence-electron chi connectivity index (χ2n) is 5.68. The van der Waals surface area contributed by atoms with E-state index in [1.807, 2.05) is 51.1 Å². The standard InChI is InChI=1S/C15H16N4O/c1-15(2,3)18-14-17-13(19-20-14)12-11-7-5-4-6-10(11)8-9-16-12/h4-9H,1-3H3,(H,17,18,19). The lowest BCUT2D eigenvalue weighted by atomic mass is 10.1. The van der Waals surface area contributed by atoms with Crippen molar-refractivity contribution in [1.82, 2.24) is 15.1 Å². The van der Waals surface area contributed by atoms with Gasteiger partial charge in [-0.05, 0) is 32.2 Å². The Balaban J connectivity index is 2.04. The molecule has 3 aromatic rings. The van der Waals surface area contributed by atoms with Crippen LogP contribution in [0.2, 0.25) is 0 Å². The third-order valence-electron chi connectivity index (χ3n) is 2.79. The fourth-order valence-corrected chi connectivity index (χ4v) is 1.99. The first-order valence-electron chi connectivity index (χ1n) is 6.49. The molecule has 0 atom stereocenters. The van der Waals surface area contributed by atoms with Crippen LogP contribution < -0.4 is 5.32 Å². The molecule has 5 nitrogen and oxygen atoms in total. The van der Waals surface area contributed by atoms with E-state index in [-0.39, 0.29) is 5.54 Å². The average molecular weight is 268 g/mol. The number of hydrogen-bond acceptors (Lipinski definition) is 5. The van der Waals surface area contributed by atoms with Crippen LogP contribution in [0.3, 0.4) is 0 Å². The van der Waals surface area contributed by atoms with E-state index in [0.717, 1.165) is 16.5 Å². The Morgan fingerprint density at radius 3 is 2.70 bits per heavy atom. The van der Waals surface area contributed by atoms with Crippen LogP contribution in [0.5, 0.6) is 0 Å². The Bertz CT molecular complexity index is 737. The summed E-state index contributed by atoms with van der Waals surface area (Å²) in [4.78, 5) is 8.74. The molecule has 2 aromatic heterocycles. The molecule has 0 aliphatic heterocycles. The van der Waals surface area contributed by atoms with E-state index in [1.54, 1.807) is 6.20 Å². The van der Waals surface area contributed by atoms with E-state index < -0.39 is 0 Å². The number of nitrogens with zero attached hydrogens (tertiary/aromatic N) is 3. The number of anilines is 1. The molecule has 0 unspecified atom stereocenters. The SMILES string of the molecule is CC(C)(C)Nc1nc(-c2nccc3ccccc23)no1. The fraction of sp³-hybridized carbons (Fsp3) is 0.267. The largest absolute Gasteiger partial charge is 0.333 e. The first kappa shape index (κ1) is 12.6. The van der Waals surface area contributed by atoms with Gasteiger partial charge in [-0.1, -0.05) is 29.4 Å². The molecular weight excluding hydrogens is 252 g/mol. The molecule has 1 N–H and O–H groups in total. The summed E-state index contributed by atoms with van der Waals surface area (Å²) in [7, 11) is 0. The summed E-state index contributed by atoms with van der Waals surface area (Å²) >= 11 is 0. The maximum Gasteiger partial charge on any atom is 0.322 e. The van der Waals surface area contributed by atoms with E-state index in [2.05, 4.69) is 20.4 Å². The highest BCUT2D eigenvalue weighted by atomic mass is 16.5. The van der Waals surface area contributed by atoms with Crippen molar-refractivity contribution in [2.75, 3.05) is 5.32 Å². The van der Waals surface area contributed by atoms with Crippen molar-refractivity contribution in [3.63, 3.8) is 0 Å².